The smallest absolute Gasteiger partial charge is 0.143 e. The fourth-order valence-electron chi connectivity index (χ4n) is 10.4. The van der Waals surface area contributed by atoms with Crippen molar-refractivity contribution in [2.75, 3.05) is 4.90 Å². The van der Waals surface area contributed by atoms with E-state index in [2.05, 4.69) is 248 Å². The van der Waals surface area contributed by atoms with Crippen LogP contribution in [0.3, 0.4) is 0 Å². The van der Waals surface area contributed by atoms with E-state index in [1.165, 1.54) is 65.3 Å². The molecule has 2 heteroatoms. The minimum Gasteiger partial charge on any atom is -0.455 e. The highest BCUT2D eigenvalue weighted by Gasteiger charge is 2.21. The van der Waals surface area contributed by atoms with Crippen LogP contribution >= 0.6 is 0 Å². The summed E-state index contributed by atoms with van der Waals surface area (Å²) >= 11 is 0. The van der Waals surface area contributed by atoms with E-state index in [1.807, 2.05) is 6.07 Å². The summed E-state index contributed by atoms with van der Waals surface area (Å²) in [6, 6.07) is 90.4. The molecule has 12 aromatic carbocycles. The minimum absolute atomic E-state index is 0.896. The van der Waals surface area contributed by atoms with Gasteiger partial charge in [-0.25, -0.2) is 0 Å². The molecule has 0 aliphatic carbocycles. The molecular weight excluding hydrogens is 799 g/mol. The largest absolute Gasteiger partial charge is 0.455 e. The van der Waals surface area contributed by atoms with Crippen molar-refractivity contribution in [1.82, 2.24) is 0 Å². The molecule has 0 fully saturated rings. The lowest BCUT2D eigenvalue weighted by Gasteiger charge is -2.27. The van der Waals surface area contributed by atoms with Crippen molar-refractivity contribution < 1.29 is 4.42 Å². The van der Waals surface area contributed by atoms with Gasteiger partial charge in [-0.15, -0.1) is 0 Å². The predicted octanol–water partition coefficient (Wildman–Crippen LogP) is 18.3. The SMILES string of the molecule is c1ccc(-c2c(-c3ccccc3)c3cc(-c4cccc(N(c5cccc(-c6cccc7c6oc6ccccc67)c5)c5ccc6c(ccc7ccccc76)c5)c4)ccc3c3ccccc23)cc1. The average Bonchev–Trinajstić information content (AvgIpc) is 3.78. The zero-order valence-electron chi connectivity index (χ0n) is 36.0. The van der Waals surface area contributed by atoms with E-state index in [0.29, 0.717) is 0 Å². The second kappa shape index (κ2) is 15.5. The number of anilines is 3. The molecule has 1 heterocycles. The Kier molecular flexibility index (Phi) is 8.89. The second-order valence-corrected chi connectivity index (χ2v) is 17.2. The van der Waals surface area contributed by atoms with Gasteiger partial charge in [-0.1, -0.05) is 200 Å². The third-order valence-corrected chi connectivity index (χ3v) is 13.4. The first-order chi connectivity index (χ1) is 32.7. The molecule has 0 spiro atoms. The standard InChI is InChI=1S/C64H41NO/c1-3-17-43(18-4-1)62-58-28-10-9-26-55(58)56-36-34-46(41-60(56)63(62)44-19-5-2-6-20-44)45-21-13-23-49(38-45)65(51-35-37-53-48(40-51)33-32-42-16-7-8-25-52(42)53)50-24-14-22-47(39-50)54-29-15-30-59-57-27-11-12-31-61(57)66-64(54)59/h1-41H. The van der Waals surface area contributed by atoms with Crippen LogP contribution < -0.4 is 4.90 Å². The average molecular weight is 840 g/mol. The Labute approximate surface area is 382 Å². The van der Waals surface area contributed by atoms with E-state index in [4.69, 9.17) is 4.42 Å². The van der Waals surface area contributed by atoms with Gasteiger partial charge in [0.25, 0.3) is 0 Å². The quantitative estimate of drug-likeness (QED) is 0.149. The van der Waals surface area contributed by atoms with Crippen molar-refractivity contribution in [3.8, 4) is 44.5 Å². The van der Waals surface area contributed by atoms with E-state index in [-0.39, 0.29) is 0 Å². The molecule has 308 valence electrons. The van der Waals surface area contributed by atoms with Crippen LogP contribution in [0.25, 0.3) is 110 Å². The van der Waals surface area contributed by atoms with Crippen LogP contribution in [0.15, 0.2) is 253 Å². The highest BCUT2D eigenvalue weighted by atomic mass is 16.3. The van der Waals surface area contributed by atoms with Gasteiger partial charge in [0.1, 0.15) is 11.2 Å². The van der Waals surface area contributed by atoms with Gasteiger partial charge in [-0.05, 0) is 131 Å². The van der Waals surface area contributed by atoms with Crippen molar-refractivity contribution in [3.63, 3.8) is 0 Å². The number of rotatable bonds is 7. The van der Waals surface area contributed by atoms with Crippen LogP contribution in [0.5, 0.6) is 0 Å². The summed E-state index contributed by atoms with van der Waals surface area (Å²) < 4.78 is 6.57. The molecule has 0 saturated heterocycles. The maximum atomic E-state index is 6.57. The molecule has 0 radical (unpaired) electrons. The summed E-state index contributed by atoms with van der Waals surface area (Å²) in [6.45, 7) is 0. The summed E-state index contributed by atoms with van der Waals surface area (Å²) in [5, 5.41) is 12.1. The van der Waals surface area contributed by atoms with Crippen molar-refractivity contribution in [3.05, 3.63) is 249 Å². The predicted molar refractivity (Wildman–Crippen MR) is 280 cm³/mol. The van der Waals surface area contributed by atoms with E-state index in [0.717, 1.165) is 61.3 Å². The molecular formula is C64H41NO. The Hall–Kier alpha value is -8.72. The number of hydrogen-bond acceptors (Lipinski definition) is 2. The Morgan fingerprint density at radius 2 is 0.773 bits per heavy atom. The van der Waals surface area contributed by atoms with Crippen LogP contribution in [0.4, 0.5) is 17.1 Å². The van der Waals surface area contributed by atoms with Crippen LogP contribution in [-0.4, -0.2) is 0 Å². The molecule has 13 aromatic rings. The summed E-state index contributed by atoms with van der Waals surface area (Å²) in [4.78, 5) is 2.40. The molecule has 0 atom stereocenters. The van der Waals surface area contributed by atoms with Crippen molar-refractivity contribution in [2.24, 2.45) is 0 Å². The molecule has 0 aliphatic heterocycles. The molecule has 2 nitrogen and oxygen atoms in total. The Balaban J connectivity index is 1.01. The summed E-state index contributed by atoms with van der Waals surface area (Å²) in [5.41, 5.74) is 14.4. The van der Waals surface area contributed by atoms with E-state index in [1.54, 1.807) is 0 Å². The zero-order chi connectivity index (χ0) is 43.6. The van der Waals surface area contributed by atoms with Gasteiger partial charge in [0.2, 0.25) is 0 Å². The molecule has 0 unspecified atom stereocenters. The first-order valence-electron chi connectivity index (χ1n) is 22.7. The molecule has 0 amide bonds. The summed E-state index contributed by atoms with van der Waals surface area (Å²) in [7, 11) is 0. The normalized spacial score (nSPS) is 11.6. The maximum absolute atomic E-state index is 6.57. The first kappa shape index (κ1) is 37.8. The number of hydrogen-bond donors (Lipinski definition) is 0. The third-order valence-electron chi connectivity index (χ3n) is 13.4. The van der Waals surface area contributed by atoms with Gasteiger partial charge < -0.3 is 9.32 Å². The molecule has 0 saturated carbocycles. The lowest BCUT2D eigenvalue weighted by molar-refractivity contribution is 0.670. The third kappa shape index (κ3) is 6.26. The van der Waals surface area contributed by atoms with E-state index < -0.39 is 0 Å². The van der Waals surface area contributed by atoms with Crippen LogP contribution in [-0.2, 0) is 0 Å². The van der Waals surface area contributed by atoms with Crippen molar-refractivity contribution in [2.45, 2.75) is 0 Å². The second-order valence-electron chi connectivity index (χ2n) is 17.2. The van der Waals surface area contributed by atoms with Crippen LogP contribution in [0.1, 0.15) is 0 Å². The lowest BCUT2D eigenvalue weighted by Crippen LogP contribution is -2.10. The van der Waals surface area contributed by atoms with Gasteiger partial charge in [-0.2, -0.15) is 0 Å². The topological polar surface area (TPSA) is 16.4 Å². The van der Waals surface area contributed by atoms with Gasteiger partial charge in [0, 0.05) is 33.4 Å². The van der Waals surface area contributed by atoms with E-state index in [9.17, 15) is 0 Å². The molecule has 0 aliphatic rings. The number of fused-ring (bicyclic) bond motifs is 9. The summed E-state index contributed by atoms with van der Waals surface area (Å²) in [6.07, 6.45) is 0. The van der Waals surface area contributed by atoms with Crippen LogP contribution in [0.2, 0.25) is 0 Å². The molecule has 1 aromatic heterocycles. The minimum atomic E-state index is 0.896. The zero-order valence-corrected chi connectivity index (χ0v) is 36.0. The number of furan rings is 1. The number of nitrogens with zero attached hydrogens (tertiary/aromatic N) is 1. The fourth-order valence-corrected chi connectivity index (χ4v) is 10.4. The number of para-hydroxylation sites is 2. The van der Waals surface area contributed by atoms with Crippen molar-refractivity contribution in [1.29, 1.82) is 0 Å². The molecule has 66 heavy (non-hydrogen) atoms. The maximum Gasteiger partial charge on any atom is 0.143 e. The first-order valence-corrected chi connectivity index (χ1v) is 22.7. The van der Waals surface area contributed by atoms with Crippen LogP contribution in [0, 0.1) is 0 Å². The van der Waals surface area contributed by atoms with Gasteiger partial charge in [0.05, 0.1) is 0 Å². The van der Waals surface area contributed by atoms with Gasteiger partial charge in [0.15, 0.2) is 0 Å². The Bertz CT molecular complexity index is 4000. The number of benzene rings is 12. The monoisotopic (exact) mass is 839 g/mol. The molecule has 0 bridgehead atoms. The summed E-state index contributed by atoms with van der Waals surface area (Å²) in [5.74, 6) is 0. The van der Waals surface area contributed by atoms with Gasteiger partial charge >= 0.3 is 0 Å². The highest BCUT2D eigenvalue weighted by molar-refractivity contribution is 6.22. The Morgan fingerprint density at radius 3 is 1.56 bits per heavy atom. The Morgan fingerprint density at radius 1 is 0.258 bits per heavy atom. The fraction of sp³-hybridized carbons (Fsp3) is 0. The van der Waals surface area contributed by atoms with Crippen molar-refractivity contribution >= 4 is 82.1 Å². The highest BCUT2D eigenvalue weighted by Crippen LogP contribution is 2.47. The lowest BCUT2D eigenvalue weighted by atomic mass is 9.84. The van der Waals surface area contributed by atoms with Gasteiger partial charge in [-0.3, -0.25) is 0 Å². The van der Waals surface area contributed by atoms with E-state index >= 15 is 0 Å². The molecule has 13 rings (SSSR count). The molecule has 0 N–H and O–H groups in total.